The Kier molecular flexibility index (Phi) is 7.28. The molecule has 0 aliphatic carbocycles. The van der Waals surface area contributed by atoms with Gasteiger partial charge in [0.15, 0.2) is 0 Å². The van der Waals surface area contributed by atoms with E-state index in [0.717, 1.165) is 0 Å². The number of rotatable bonds is 2. The molecule has 0 amide bonds. The Morgan fingerprint density at radius 2 is 1.62 bits per heavy atom. The van der Waals surface area contributed by atoms with E-state index in [1.54, 1.807) is 0 Å². The minimum absolute atomic E-state index is 0.0903. The van der Waals surface area contributed by atoms with Crippen molar-refractivity contribution in [3.05, 3.63) is 36.5 Å². The predicted octanol–water partition coefficient (Wildman–Crippen LogP) is 4.26. The Balaban J connectivity index is 0. The highest BCUT2D eigenvalue weighted by atomic mass is 19.4. The van der Waals surface area contributed by atoms with Crippen molar-refractivity contribution < 1.29 is 13.2 Å². The van der Waals surface area contributed by atoms with Crippen LogP contribution in [0.2, 0.25) is 0 Å². The second kappa shape index (κ2) is 6.52. The second-order valence-corrected chi connectivity index (χ2v) is 2.06. The quantitative estimate of drug-likeness (QED) is 0.573. The van der Waals surface area contributed by atoms with Crippen molar-refractivity contribution in [1.29, 1.82) is 0 Å². The number of hydrogen-bond donors (Lipinski definition) is 0. The first-order valence-electron chi connectivity index (χ1n) is 3.95. The van der Waals surface area contributed by atoms with E-state index in [0.29, 0.717) is 0 Å². The standard InChI is InChI=1S/C8H9F3.C2H6/c1-4-5-6(2)7(3)8(9,10)11;1-2/h4-5H,1,3H2,2H3;1-2H3/b6-5-;. The van der Waals surface area contributed by atoms with Crippen LogP contribution in [0.5, 0.6) is 0 Å². The molecule has 76 valence electrons. The Morgan fingerprint density at radius 1 is 1.23 bits per heavy atom. The van der Waals surface area contributed by atoms with Crippen molar-refractivity contribution in [2.45, 2.75) is 26.9 Å². The SMILES string of the molecule is C=C/C=C(/C)C(=C)C(F)(F)F.CC. The number of hydrogen-bond acceptors (Lipinski definition) is 0. The molecule has 0 atom stereocenters. The largest absolute Gasteiger partial charge is 0.416 e. The van der Waals surface area contributed by atoms with E-state index in [1.807, 2.05) is 13.8 Å². The molecular formula is C10H15F3. The maximum absolute atomic E-state index is 11.8. The van der Waals surface area contributed by atoms with Gasteiger partial charge in [0.25, 0.3) is 0 Å². The van der Waals surface area contributed by atoms with Crippen LogP contribution < -0.4 is 0 Å². The summed E-state index contributed by atoms with van der Waals surface area (Å²) >= 11 is 0. The summed E-state index contributed by atoms with van der Waals surface area (Å²) in [7, 11) is 0. The Morgan fingerprint density at radius 3 is 1.85 bits per heavy atom. The summed E-state index contributed by atoms with van der Waals surface area (Å²) in [5.41, 5.74) is -0.732. The maximum Gasteiger partial charge on any atom is 0.416 e. The zero-order chi connectivity index (χ0) is 11.1. The molecule has 0 bridgehead atoms. The van der Waals surface area contributed by atoms with E-state index in [-0.39, 0.29) is 5.57 Å². The van der Waals surface area contributed by atoms with Gasteiger partial charge >= 0.3 is 6.18 Å². The molecular weight excluding hydrogens is 177 g/mol. The fourth-order valence-corrected chi connectivity index (χ4v) is 0.501. The smallest absolute Gasteiger partial charge is 0.166 e. The molecule has 13 heavy (non-hydrogen) atoms. The van der Waals surface area contributed by atoms with Gasteiger partial charge in [0.1, 0.15) is 0 Å². The van der Waals surface area contributed by atoms with Gasteiger partial charge < -0.3 is 0 Å². The highest BCUT2D eigenvalue weighted by molar-refractivity contribution is 5.32. The van der Waals surface area contributed by atoms with Gasteiger partial charge in [-0.1, -0.05) is 39.2 Å². The van der Waals surface area contributed by atoms with Crippen molar-refractivity contribution in [2.24, 2.45) is 0 Å². The van der Waals surface area contributed by atoms with Crippen LogP contribution in [0.1, 0.15) is 20.8 Å². The van der Waals surface area contributed by atoms with Crippen LogP contribution in [0.15, 0.2) is 36.5 Å². The zero-order valence-electron chi connectivity index (χ0n) is 8.20. The summed E-state index contributed by atoms with van der Waals surface area (Å²) in [4.78, 5) is 0. The normalized spacial score (nSPS) is 11.4. The minimum atomic E-state index is -4.33. The number of halogens is 3. The summed E-state index contributed by atoms with van der Waals surface area (Å²) in [5.74, 6) is 0. The van der Waals surface area contributed by atoms with Crippen molar-refractivity contribution in [3.63, 3.8) is 0 Å². The van der Waals surface area contributed by atoms with Crippen LogP contribution in [-0.4, -0.2) is 6.18 Å². The topological polar surface area (TPSA) is 0 Å². The Hall–Kier alpha value is -0.990. The monoisotopic (exact) mass is 192 g/mol. The fraction of sp³-hybridized carbons (Fsp3) is 0.400. The van der Waals surface area contributed by atoms with E-state index >= 15 is 0 Å². The third-order valence-electron chi connectivity index (χ3n) is 1.19. The molecule has 0 fully saturated rings. The highest BCUT2D eigenvalue weighted by Gasteiger charge is 2.32. The van der Waals surface area contributed by atoms with E-state index in [9.17, 15) is 13.2 Å². The average molecular weight is 192 g/mol. The van der Waals surface area contributed by atoms with Crippen molar-refractivity contribution in [2.75, 3.05) is 0 Å². The van der Waals surface area contributed by atoms with E-state index in [4.69, 9.17) is 0 Å². The first-order chi connectivity index (χ1) is 5.89. The summed E-state index contributed by atoms with van der Waals surface area (Å²) in [6, 6.07) is 0. The van der Waals surface area contributed by atoms with Crippen molar-refractivity contribution in [1.82, 2.24) is 0 Å². The fourth-order valence-electron chi connectivity index (χ4n) is 0.501. The van der Waals surface area contributed by atoms with E-state index in [1.165, 1.54) is 19.1 Å². The molecule has 0 aromatic carbocycles. The number of allylic oxidation sites excluding steroid dienone is 4. The molecule has 0 saturated heterocycles. The molecule has 0 nitrogen and oxygen atoms in total. The molecule has 0 heterocycles. The number of alkyl halides is 3. The first kappa shape index (κ1) is 14.5. The first-order valence-corrected chi connectivity index (χ1v) is 3.95. The molecule has 0 aromatic heterocycles. The molecule has 0 unspecified atom stereocenters. The highest BCUT2D eigenvalue weighted by Crippen LogP contribution is 2.29. The minimum Gasteiger partial charge on any atom is -0.166 e. The van der Waals surface area contributed by atoms with Gasteiger partial charge in [-0.2, -0.15) is 13.2 Å². The summed E-state index contributed by atoms with van der Waals surface area (Å²) < 4.78 is 35.5. The van der Waals surface area contributed by atoms with Gasteiger partial charge in [0, 0.05) is 0 Å². The molecule has 0 aromatic rings. The van der Waals surface area contributed by atoms with Crippen LogP contribution in [0.3, 0.4) is 0 Å². The van der Waals surface area contributed by atoms with Gasteiger partial charge in [-0.15, -0.1) is 0 Å². The summed E-state index contributed by atoms with van der Waals surface area (Å²) in [5, 5.41) is 0. The molecule has 0 aliphatic rings. The molecule has 0 aliphatic heterocycles. The second-order valence-electron chi connectivity index (χ2n) is 2.06. The maximum atomic E-state index is 11.8. The predicted molar refractivity (Wildman–Crippen MR) is 50.5 cm³/mol. The molecule has 0 rings (SSSR count). The van der Waals surface area contributed by atoms with Gasteiger partial charge in [-0.3, -0.25) is 0 Å². The van der Waals surface area contributed by atoms with E-state index in [2.05, 4.69) is 13.2 Å². The lowest BCUT2D eigenvalue weighted by Crippen LogP contribution is -2.11. The zero-order valence-corrected chi connectivity index (χ0v) is 8.20. The van der Waals surface area contributed by atoms with Crippen molar-refractivity contribution in [3.8, 4) is 0 Å². The van der Waals surface area contributed by atoms with Gasteiger partial charge in [0.2, 0.25) is 0 Å². The van der Waals surface area contributed by atoms with Crippen LogP contribution in [0.25, 0.3) is 0 Å². The third kappa shape index (κ3) is 6.20. The Labute approximate surface area is 77.5 Å². The van der Waals surface area contributed by atoms with Crippen LogP contribution in [0, 0.1) is 0 Å². The van der Waals surface area contributed by atoms with Gasteiger partial charge in [-0.05, 0) is 12.5 Å². The summed E-state index contributed by atoms with van der Waals surface area (Å²) in [6.07, 6.45) is -1.76. The van der Waals surface area contributed by atoms with Gasteiger partial charge in [-0.25, -0.2) is 0 Å². The summed E-state index contributed by atoms with van der Waals surface area (Å²) in [6.45, 7) is 11.5. The molecule has 0 saturated carbocycles. The molecule has 3 heteroatoms. The lowest BCUT2D eigenvalue weighted by Gasteiger charge is -2.08. The van der Waals surface area contributed by atoms with Gasteiger partial charge in [0.05, 0.1) is 5.57 Å². The lowest BCUT2D eigenvalue weighted by atomic mass is 10.1. The lowest BCUT2D eigenvalue weighted by molar-refractivity contribution is -0.0889. The van der Waals surface area contributed by atoms with Crippen LogP contribution in [-0.2, 0) is 0 Å². The molecule has 0 radical (unpaired) electrons. The molecule has 0 spiro atoms. The molecule has 0 N–H and O–H groups in total. The van der Waals surface area contributed by atoms with E-state index < -0.39 is 11.7 Å². The van der Waals surface area contributed by atoms with Crippen LogP contribution in [0.4, 0.5) is 13.2 Å². The van der Waals surface area contributed by atoms with Crippen LogP contribution >= 0.6 is 0 Å². The average Bonchev–Trinajstić information content (AvgIpc) is 2.05. The van der Waals surface area contributed by atoms with Crippen molar-refractivity contribution >= 4 is 0 Å². The Bertz CT molecular complexity index is 197. The third-order valence-corrected chi connectivity index (χ3v) is 1.19.